The lowest BCUT2D eigenvalue weighted by Crippen LogP contribution is -2.39. The van der Waals surface area contributed by atoms with E-state index in [4.69, 9.17) is 0 Å². The molecular weight excluding hydrogens is 194 g/mol. The van der Waals surface area contributed by atoms with Gasteiger partial charge in [-0.25, -0.2) is 0 Å². The summed E-state index contributed by atoms with van der Waals surface area (Å²) in [5.41, 5.74) is 0. The highest BCUT2D eigenvalue weighted by Gasteiger charge is 2.36. The van der Waals surface area contributed by atoms with E-state index >= 15 is 0 Å². The molecule has 1 heteroatoms. The minimum Gasteiger partial charge on any atom is -0.300 e. The van der Waals surface area contributed by atoms with Crippen LogP contribution in [-0.4, -0.2) is 24.0 Å². The number of hydrogen-bond donors (Lipinski definition) is 0. The predicted molar refractivity (Wildman–Crippen MR) is 77.0 cm³/mol. The maximum Gasteiger partial charge on any atom is 0.00982 e. The second-order valence-electron chi connectivity index (χ2n) is 4.13. The van der Waals surface area contributed by atoms with Gasteiger partial charge in [0, 0.05) is 12.1 Å². The Morgan fingerprint density at radius 3 is 1.38 bits per heavy atom. The Morgan fingerprint density at radius 2 is 1.06 bits per heavy atom. The summed E-state index contributed by atoms with van der Waals surface area (Å²) >= 11 is 0. The van der Waals surface area contributed by atoms with E-state index in [1.807, 2.05) is 41.5 Å². The minimum atomic E-state index is 0.939. The van der Waals surface area contributed by atoms with Crippen molar-refractivity contribution in [2.75, 3.05) is 7.05 Å². The molecule has 0 aliphatic carbocycles. The number of hydrogen-bond acceptors (Lipinski definition) is 1. The van der Waals surface area contributed by atoms with E-state index in [-0.39, 0.29) is 0 Å². The molecule has 0 amide bonds. The molecule has 2 heterocycles. The fraction of sp³-hybridized carbons (Fsp3) is 1.00. The van der Waals surface area contributed by atoms with E-state index in [1.165, 1.54) is 25.7 Å². The standard InChI is InChI=1S/C9H17N.3C2H6/c1-7-5-8-3-4-9(6-7)10(8)2;3*1-2/h7-9H,3-6H2,1-2H3;3*1-2H3. The average Bonchev–Trinajstić information content (AvgIpc) is 2.60. The van der Waals surface area contributed by atoms with Crippen LogP contribution in [0.4, 0.5) is 0 Å². The molecule has 1 nitrogen and oxygen atoms in total. The summed E-state index contributed by atoms with van der Waals surface area (Å²) in [5.74, 6) is 0.994. The third kappa shape index (κ3) is 5.34. The quantitative estimate of drug-likeness (QED) is 0.567. The fourth-order valence-corrected chi connectivity index (χ4v) is 2.68. The van der Waals surface area contributed by atoms with Gasteiger partial charge in [-0.05, 0) is 38.6 Å². The molecule has 2 fully saturated rings. The average molecular weight is 229 g/mol. The zero-order valence-electron chi connectivity index (χ0n) is 13.0. The lowest BCUT2D eigenvalue weighted by atomic mass is 9.93. The van der Waals surface area contributed by atoms with Gasteiger partial charge in [0.2, 0.25) is 0 Å². The Morgan fingerprint density at radius 1 is 0.750 bits per heavy atom. The van der Waals surface area contributed by atoms with Gasteiger partial charge in [0.25, 0.3) is 0 Å². The van der Waals surface area contributed by atoms with E-state index in [0.717, 1.165) is 18.0 Å². The van der Waals surface area contributed by atoms with Crippen LogP contribution in [0.5, 0.6) is 0 Å². The Labute approximate surface area is 105 Å². The highest BCUT2D eigenvalue weighted by atomic mass is 15.2. The van der Waals surface area contributed by atoms with Crippen LogP contribution in [0.25, 0.3) is 0 Å². The molecule has 0 aromatic heterocycles. The van der Waals surface area contributed by atoms with Gasteiger partial charge in [-0.3, -0.25) is 0 Å². The highest BCUT2D eigenvalue weighted by Crippen LogP contribution is 2.36. The number of fused-ring (bicyclic) bond motifs is 2. The third-order valence-electron chi connectivity index (χ3n) is 3.33. The van der Waals surface area contributed by atoms with Gasteiger partial charge in [-0.2, -0.15) is 0 Å². The first-order valence-corrected chi connectivity index (χ1v) is 7.49. The SMILES string of the molecule is CC.CC.CC.CC1CC2CCC(C1)N2C. The summed E-state index contributed by atoms with van der Waals surface area (Å²) in [5, 5.41) is 0. The fourth-order valence-electron chi connectivity index (χ4n) is 2.68. The molecule has 0 spiro atoms. The van der Waals surface area contributed by atoms with E-state index in [2.05, 4.69) is 18.9 Å². The second kappa shape index (κ2) is 11.4. The van der Waals surface area contributed by atoms with Crippen LogP contribution in [0.1, 0.15) is 74.1 Å². The van der Waals surface area contributed by atoms with Crippen LogP contribution in [0.15, 0.2) is 0 Å². The molecule has 0 saturated carbocycles. The summed E-state index contributed by atoms with van der Waals surface area (Å²) in [6.07, 6.45) is 5.83. The summed E-state index contributed by atoms with van der Waals surface area (Å²) in [7, 11) is 2.30. The lowest BCUT2D eigenvalue weighted by molar-refractivity contribution is 0.142. The van der Waals surface area contributed by atoms with Crippen molar-refractivity contribution in [3.05, 3.63) is 0 Å². The van der Waals surface area contributed by atoms with Crippen molar-refractivity contribution in [3.63, 3.8) is 0 Å². The van der Waals surface area contributed by atoms with E-state index in [9.17, 15) is 0 Å². The monoisotopic (exact) mass is 229 g/mol. The van der Waals surface area contributed by atoms with Gasteiger partial charge in [0.15, 0.2) is 0 Å². The first-order chi connectivity index (χ1) is 7.77. The Hall–Kier alpha value is -0.0400. The van der Waals surface area contributed by atoms with Crippen molar-refractivity contribution in [3.8, 4) is 0 Å². The number of rotatable bonds is 0. The van der Waals surface area contributed by atoms with Gasteiger partial charge < -0.3 is 4.90 Å². The van der Waals surface area contributed by atoms with Gasteiger partial charge in [-0.15, -0.1) is 0 Å². The lowest BCUT2D eigenvalue weighted by Gasteiger charge is -2.34. The van der Waals surface area contributed by atoms with Gasteiger partial charge >= 0.3 is 0 Å². The summed E-state index contributed by atoms with van der Waals surface area (Å²) in [4.78, 5) is 2.60. The molecule has 0 aromatic carbocycles. The molecule has 0 radical (unpaired) electrons. The molecule has 2 aliphatic rings. The smallest absolute Gasteiger partial charge is 0.00982 e. The molecule has 0 N–H and O–H groups in total. The van der Waals surface area contributed by atoms with Crippen molar-refractivity contribution >= 4 is 0 Å². The van der Waals surface area contributed by atoms with E-state index < -0.39 is 0 Å². The van der Waals surface area contributed by atoms with Crippen LogP contribution < -0.4 is 0 Å². The van der Waals surface area contributed by atoms with E-state index in [1.54, 1.807) is 0 Å². The van der Waals surface area contributed by atoms with Gasteiger partial charge in [0.1, 0.15) is 0 Å². The number of nitrogens with zero attached hydrogens (tertiary/aromatic N) is 1. The Bertz CT molecular complexity index is 119. The first-order valence-electron chi connectivity index (χ1n) is 7.49. The summed E-state index contributed by atoms with van der Waals surface area (Å²) in [6, 6.07) is 1.88. The molecular formula is C15H35N. The molecule has 2 bridgehead atoms. The second-order valence-corrected chi connectivity index (χ2v) is 4.13. The Kier molecular flexibility index (Phi) is 13.1. The molecule has 2 atom stereocenters. The maximum atomic E-state index is 2.60. The molecule has 2 unspecified atom stereocenters. The molecule has 2 saturated heterocycles. The summed E-state index contributed by atoms with van der Waals surface area (Å²) < 4.78 is 0. The zero-order chi connectivity index (χ0) is 13.1. The van der Waals surface area contributed by atoms with Gasteiger partial charge in [-0.1, -0.05) is 48.5 Å². The van der Waals surface area contributed by atoms with Crippen LogP contribution in [0, 0.1) is 5.92 Å². The molecule has 2 rings (SSSR count). The first kappa shape index (κ1) is 18.3. The van der Waals surface area contributed by atoms with Crippen LogP contribution in [0.2, 0.25) is 0 Å². The zero-order valence-corrected chi connectivity index (χ0v) is 13.0. The van der Waals surface area contributed by atoms with Crippen molar-refractivity contribution in [2.45, 2.75) is 86.2 Å². The van der Waals surface area contributed by atoms with E-state index in [0.29, 0.717) is 0 Å². The third-order valence-corrected chi connectivity index (χ3v) is 3.33. The largest absolute Gasteiger partial charge is 0.300 e. The molecule has 2 aliphatic heterocycles. The van der Waals surface area contributed by atoms with Crippen LogP contribution in [0.3, 0.4) is 0 Å². The van der Waals surface area contributed by atoms with Crippen molar-refractivity contribution < 1.29 is 0 Å². The minimum absolute atomic E-state index is 0.939. The van der Waals surface area contributed by atoms with Crippen molar-refractivity contribution in [1.82, 2.24) is 4.90 Å². The molecule has 16 heavy (non-hydrogen) atoms. The maximum absolute atomic E-state index is 2.60. The predicted octanol–water partition coefficient (Wildman–Crippen LogP) is 4.96. The van der Waals surface area contributed by atoms with Crippen LogP contribution >= 0.6 is 0 Å². The topological polar surface area (TPSA) is 3.24 Å². The molecule has 100 valence electrons. The highest BCUT2D eigenvalue weighted by molar-refractivity contribution is 4.91. The van der Waals surface area contributed by atoms with Gasteiger partial charge in [0.05, 0.1) is 0 Å². The Balaban J connectivity index is 0. The summed E-state index contributed by atoms with van der Waals surface area (Å²) in [6.45, 7) is 14.4. The van der Waals surface area contributed by atoms with Crippen molar-refractivity contribution in [2.24, 2.45) is 5.92 Å². The normalized spacial score (nSPS) is 31.1. The van der Waals surface area contributed by atoms with Crippen LogP contribution in [-0.2, 0) is 0 Å². The molecule has 0 aromatic rings. The number of piperidine rings is 1. The van der Waals surface area contributed by atoms with Crippen molar-refractivity contribution in [1.29, 1.82) is 0 Å².